The molecule has 0 atom stereocenters. The fourth-order valence-corrected chi connectivity index (χ4v) is 4.86. The summed E-state index contributed by atoms with van der Waals surface area (Å²) in [4.78, 5) is 16.9. The third-order valence-corrected chi connectivity index (χ3v) is 6.86. The highest BCUT2D eigenvalue weighted by molar-refractivity contribution is 8.27. The molecule has 0 aliphatic carbocycles. The number of furan rings is 1. The number of aryl methyl sites for hydroxylation is 1. The first kappa shape index (κ1) is 20.8. The number of benzene rings is 1. The van der Waals surface area contributed by atoms with Gasteiger partial charge in [-0.3, -0.25) is 10.2 Å². The van der Waals surface area contributed by atoms with Crippen LogP contribution in [0, 0.1) is 19.3 Å². The maximum Gasteiger partial charge on any atom is 0.283 e. The van der Waals surface area contributed by atoms with Crippen molar-refractivity contribution in [3.8, 4) is 5.69 Å². The number of hydrazone groups is 1. The Morgan fingerprint density at radius 2 is 2.00 bits per heavy atom. The number of fused-ring (bicyclic) bond motifs is 1. The Hall–Kier alpha value is -3.07. The summed E-state index contributed by atoms with van der Waals surface area (Å²) in [6, 6.07) is 10.9. The van der Waals surface area contributed by atoms with Crippen LogP contribution in [-0.2, 0) is 4.79 Å². The van der Waals surface area contributed by atoms with Crippen molar-refractivity contribution in [1.82, 2.24) is 9.58 Å². The van der Waals surface area contributed by atoms with Gasteiger partial charge in [0, 0.05) is 11.4 Å². The predicted octanol–water partition coefficient (Wildman–Crippen LogP) is 5.66. The Morgan fingerprint density at radius 1 is 1.19 bits per heavy atom. The molecule has 1 aromatic carbocycles. The summed E-state index contributed by atoms with van der Waals surface area (Å²) in [5.41, 5.74) is 3.42. The molecular formula is C22H15Cl2N5O2S. The van der Waals surface area contributed by atoms with Gasteiger partial charge >= 0.3 is 0 Å². The van der Waals surface area contributed by atoms with Crippen molar-refractivity contribution < 1.29 is 9.21 Å². The largest absolute Gasteiger partial charge is 0.462 e. The number of aliphatic imine (C=N–C) groups is 1. The topological polar surface area (TPSA) is 87.0 Å². The van der Waals surface area contributed by atoms with Gasteiger partial charge in [-0.15, -0.1) is 0 Å². The summed E-state index contributed by atoms with van der Waals surface area (Å²) in [6.07, 6.45) is 3.20. The standard InChI is InChI=1S/C22H15Cl2N5O2S/c1-11-9-13(12(2)28(11)16-6-3-5-15(23)18(16)24)10-14-19(25)29-22(26-20(14)30)32-21(27-29)17-7-4-8-31-17/h3-10,25H,1-2H3/b14-10+,25-19?. The quantitative estimate of drug-likeness (QED) is 0.486. The molecule has 0 saturated carbocycles. The first-order valence-electron chi connectivity index (χ1n) is 9.52. The van der Waals surface area contributed by atoms with Crippen LogP contribution in [0.25, 0.3) is 11.8 Å². The number of carbonyl (C=O) groups is 1. The van der Waals surface area contributed by atoms with Crippen LogP contribution in [0.15, 0.2) is 62.7 Å². The number of amides is 1. The summed E-state index contributed by atoms with van der Waals surface area (Å²) in [5.74, 6) is 0.0229. The number of carbonyl (C=O) groups excluding carboxylic acids is 1. The van der Waals surface area contributed by atoms with Crippen LogP contribution in [0.4, 0.5) is 0 Å². The van der Waals surface area contributed by atoms with Crippen molar-refractivity contribution in [2.45, 2.75) is 13.8 Å². The fraction of sp³-hybridized carbons (Fsp3) is 0.0909. The average molecular weight is 484 g/mol. The van der Waals surface area contributed by atoms with Gasteiger partial charge in [0.25, 0.3) is 5.91 Å². The number of nitrogens with one attached hydrogen (secondary N) is 1. The average Bonchev–Trinajstić information content (AvgIpc) is 3.48. The third kappa shape index (κ3) is 3.31. The van der Waals surface area contributed by atoms with E-state index in [0.29, 0.717) is 26.0 Å². The minimum atomic E-state index is -0.491. The van der Waals surface area contributed by atoms with E-state index in [1.807, 2.05) is 36.6 Å². The van der Waals surface area contributed by atoms with Crippen LogP contribution >= 0.6 is 35.0 Å². The second kappa shape index (κ2) is 7.81. The van der Waals surface area contributed by atoms with E-state index < -0.39 is 5.91 Å². The molecule has 0 bridgehead atoms. The van der Waals surface area contributed by atoms with Crippen molar-refractivity contribution in [3.63, 3.8) is 0 Å². The van der Waals surface area contributed by atoms with E-state index in [0.717, 1.165) is 22.6 Å². The molecule has 5 rings (SSSR count). The molecule has 0 saturated heterocycles. The lowest BCUT2D eigenvalue weighted by molar-refractivity contribution is -0.114. The van der Waals surface area contributed by atoms with Gasteiger partial charge in [-0.25, -0.2) is 0 Å². The number of aromatic nitrogens is 1. The summed E-state index contributed by atoms with van der Waals surface area (Å²) in [6.45, 7) is 3.86. The van der Waals surface area contributed by atoms with Crippen LogP contribution in [0.3, 0.4) is 0 Å². The van der Waals surface area contributed by atoms with Gasteiger partial charge in [0.15, 0.2) is 16.6 Å². The zero-order valence-corrected chi connectivity index (χ0v) is 19.2. The molecule has 3 aromatic rings. The van der Waals surface area contributed by atoms with Gasteiger partial charge < -0.3 is 8.98 Å². The van der Waals surface area contributed by atoms with E-state index in [2.05, 4.69) is 10.1 Å². The smallest absolute Gasteiger partial charge is 0.283 e. The maximum absolute atomic E-state index is 12.8. The zero-order valence-electron chi connectivity index (χ0n) is 16.9. The number of nitrogens with zero attached hydrogens (tertiary/aromatic N) is 4. The highest BCUT2D eigenvalue weighted by Gasteiger charge is 2.37. The molecular weight excluding hydrogens is 469 g/mol. The van der Waals surface area contributed by atoms with E-state index in [1.54, 1.807) is 30.5 Å². The predicted molar refractivity (Wildman–Crippen MR) is 128 cm³/mol. The number of amidine groups is 2. The molecule has 0 unspecified atom stereocenters. The van der Waals surface area contributed by atoms with Crippen molar-refractivity contribution >= 4 is 63.0 Å². The molecule has 0 fully saturated rings. The second-order valence-electron chi connectivity index (χ2n) is 7.14. The first-order valence-corrected chi connectivity index (χ1v) is 11.1. The highest BCUT2D eigenvalue weighted by atomic mass is 35.5. The van der Waals surface area contributed by atoms with E-state index in [-0.39, 0.29) is 11.4 Å². The lowest BCUT2D eigenvalue weighted by atomic mass is 10.1. The monoisotopic (exact) mass is 483 g/mol. The first-order chi connectivity index (χ1) is 15.3. The molecule has 1 amide bonds. The Labute approximate surface area is 197 Å². The SMILES string of the molecule is Cc1cc(/C=C2\C(=N)N3N=C(c4ccco4)SC3=NC2=O)c(C)n1-c1cccc(Cl)c1Cl. The number of thioether (sulfide) groups is 1. The molecule has 2 aliphatic rings. The van der Waals surface area contributed by atoms with Gasteiger partial charge in [-0.2, -0.15) is 15.1 Å². The van der Waals surface area contributed by atoms with Gasteiger partial charge in [-0.05, 0) is 67.6 Å². The second-order valence-corrected chi connectivity index (χ2v) is 8.88. The molecule has 4 heterocycles. The molecule has 2 aliphatic heterocycles. The van der Waals surface area contributed by atoms with Crippen LogP contribution < -0.4 is 0 Å². The van der Waals surface area contributed by atoms with Gasteiger partial charge in [0.1, 0.15) is 0 Å². The Kier molecular flexibility index (Phi) is 5.08. The molecule has 1 N–H and O–H groups in total. The van der Waals surface area contributed by atoms with Crippen LogP contribution in [-0.4, -0.2) is 31.5 Å². The Bertz CT molecular complexity index is 1390. The summed E-state index contributed by atoms with van der Waals surface area (Å²) in [5, 5.41) is 16.1. The minimum Gasteiger partial charge on any atom is -0.462 e. The van der Waals surface area contributed by atoms with Crippen molar-refractivity contribution in [2.75, 3.05) is 0 Å². The number of rotatable bonds is 3. The van der Waals surface area contributed by atoms with Gasteiger partial charge in [0.2, 0.25) is 5.17 Å². The third-order valence-electron chi connectivity index (χ3n) is 5.13. The molecule has 160 valence electrons. The summed E-state index contributed by atoms with van der Waals surface area (Å²) >= 11 is 13.8. The van der Waals surface area contributed by atoms with Crippen molar-refractivity contribution in [1.29, 1.82) is 5.41 Å². The fourth-order valence-electron chi connectivity index (χ4n) is 3.62. The zero-order chi connectivity index (χ0) is 22.6. The Balaban J connectivity index is 1.55. The summed E-state index contributed by atoms with van der Waals surface area (Å²) in [7, 11) is 0. The molecule has 7 nitrogen and oxygen atoms in total. The van der Waals surface area contributed by atoms with Crippen LogP contribution in [0.5, 0.6) is 0 Å². The van der Waals surface area contributed by atoms with Gasteiger partial charge in [-0.1, -0.05) is 29.3 Å². The Morgan fingerprint density at radius 3 is 2.75 bits per heavy atom. The number of halogens is 2. The normalized spacial score (nSPS) is 17.1. The molecule has 0 spiro atoms. The molecule has 2 aromatic heterocycles. The van der Waals surface area contributed by atoms with E-state index in [4.69, 9.17) is 33.0 Å². The van der Waals surface area contributed by atoms with Crippen LogP contribution in [0.1, 0.15) is 22.7 Å². The lowest BCUT2D eigenvalue weighted by Crippen LogP contribution is -2.35. The van der Waals surface area contributed by atoms with E-state index >= 15 is 0 Å². The van der Waals surface area contributed by atoms with E-state index in [9.17, 15) is 4.79 Å². The highest BCUT2D eigenvalue weighted by Crippen LogP contribution is 2.34. The molecule has 0 radical (unpaired) electrons. The minimum absolute atomic E-state index is 0.0420. The summed E-state index contributed by atoms with van der Waals surface area (Å²) < 4.78 is 7.34. The lowest BCUT2D eigenvalue weighted by Gasteiger charge is -2.20. The van der Waals surface area contributed by atoms with Crippen LogP contribution in [0.2, 0.25) is 10.0 Å². The molecule has 32 heavy (non-hydrogen) atoms. The van der Waals surface area contributed by atoms with Crippen molar-refractivity contribution in [3.05, 3.63) is 81.0 Å². The number of hydrogen-bond acceptors (Lipinski definition) is 5. The van der Waals surface area contributed by atoms with E-state index in [1.165, 1.54) is 16.8 Å². The van der Waals surface area contributed by atoms with Gasteiger partial charge in [0.05, 0.1) is 27.6 Å². The maximum atomic E-state index is 12.8. The number of hydrogen-bond donors (Lipinski definition) is 1. The van der Waals surface area contributed by atoms with Crippen molar-refractivity contribution in [2.24, 2.45) is 10.1 Å². The molecule has 10 heteroatoms.